The van der Waals surface area contributed by atoms with Crippen molar-refractivity contribution in [3.05, 3.63) is 104 Å². The number of aromatic hydroxyl groups is 1. The van der Waals surface area contributed by atoms with Crippen molar-refractivity contribution < 1.29 is 19.1 Å². The standard InChI is InChI=1S/C28H25NO5/c1-16-13-22-23(14-17(16)2)34-27-24(26(22)31)25(19-5-4-6-20(30)15-19)29(28(27)32)12-11-18-7-9-21(33-3)10-8-18/h4-10,13-15,25,30H,11-12H2,1-3H3. The van der Waals surface area contributed by atoms with Crippen molar-refractivity contribution >= 4 is 16.9 Å². The van der Waals surface area contributed by atoms with Crippen molar-refractivity contribution in [3.8, 4) is 11.5 Å². The third-order valence-corrected chi connectivity index (χ3v) is 6.57. The lowest BCUT2D eigenvalue weighted by atomic mass is 9.97. The van der Waals surface area contributed by atoms with Crippen LogP contribution < -0.4 is 10.2 Å². The number of hydrogen-bond acceptors (Lipinski definition) is 5. The van der Waals surface area contributed by atoms with Crippen LogP contribution in [0.5, 0.6) is 11.5 Å². The SMILES string of the molecule is COc1ccc(CCN2C(=O)c3oc4cc(C)c(C)cc4c(=O)c3C2c2cccc(O)c2)cc1. The molecule has 1 aromatic heterocycles. The highest BCUT2D eigenvalue weighted by molar-refractivity contribution is 5.99. The second kappa shape index (κ2) is 8.37. The fourth-order valence-electron chi connectivity index (χ4n) is 4.59. The molecule has 34 heavy (non-hydrogen) atoms. The van der Waals surface area contributed by atoms with Crippen molar-refractivity contribution in [2.75, 3.05) is 13.7 Å². The number of nitrogens with zero attached hydrogens (tertiary/aromatic N) is 1. The van der Waals surface area contributed by atoms with Gasteiger partial charge in [-0.3, -0.25) is 9.59 Å². The van der Waals surface area contributed by atoms with E-state index in [-0.39, 0.29) is 22.8 Å². The van der Waals surface area contributed by atoms with Gasteiger partial charge in [0.1, 0.15) is 17.1 Å². The highest BCUT2D eigenvalue weighted by Gasteiger charge is 2.42. The van der Waals surface area contributed by atoms with Gasteiger partial charge in [-0.2, -0.15) is 0 Å². The Morgan fingerprint density at radius 2 is 1.74 bits per heavy atom. The van der Waals surface area contributed by atoms with Gasteiger partial charge >= 0.3 is 0 Å². The molecule has 6 heteroatoms. The van der Waals surface area contributed by atoms with Gasteiger partial charge in [0.25, 0.3) is 5.91 Å². The maximum absolute atomic E-state index is 13.7. The lowest BCUT2D eigenvalue weighted by Crippen LogP contribution is -2.31. The van der Waals surface area contributed by atoms with Gasteiger partial charge in [-0.15, -0.1) is 0 Å². The molecule has 1 aliphatic rings. The van der Waals surface area contributed by atoms with Crippen LogP contribution in [0.3, 0.4) is 0 Å². The Hall–Kier alpha value is -4.06. The molecule has 1 N–H and O–H groups in total. The zero-order valence-electron chi connectivity index (χ0n) is 19.3. The number of carbonyl (C=O) groups excluding carboxylic acids is 1. The van der Waals surface area contributed by atoms with Crippen LogP contribution in [0, 0.1) is 13.8 Å². The van der Waals surface area contributed by atoms with E-state index in [1.807, 2.05) is 56.3 Å². The van der Waals surface area contributed by atoms with Gasteiger partial charge in [-0.25, -0.2) is 0 Å². The van der Waals surface area contributed by atoms with E-state index in [1.165, 1.54) is 0 Å². The highest BCUT2D eigenvalue weighted by Crippen LogP contribution is 2.39. The lowest BCUT2D eigenvalue weighted by Gasteiger charge is -2.25. The molecule has 0 spiro atoms. The molecule has 0 saturated carbocycles. The molecule has 0 radical (unpaired) electrons. The number of benzene rings is 3. The zero-order chi connectivity index (χ0) is 24.0. The fourth-order valence-corrected chi connectivity index (χ4v) is 4.59. The third kappa shape index (κ3) is 3.61. The molecule has 3 aromatic carbocycles. The Kier molecular flexibility index (Phi) is 5.36. The maximum atomic E-state index is 13.7. The number of aryl methyl sites for hydroxylation is 2. The molecule has 0 saturated heterocycles. The number of methoxy groups -OCH3 is 1. The number of phenolic OH excluding ortho intramolecular Hbond substituents is 1. The molecular weight excluding hydrogens is 430 g/mol. The number of fused-ring (bicyclic) bond motifs is 2. The van der Waals surface area contributed by atoms with Crippen molar-refractivity contribution in [2.24, 2.45) is 0 Å². The fraction of sp³-hybridized carbons (Fsp3) is 0.214. The first-order chi connectivity index (χ1) is 16.4. The number of carbonyl (C=O) groups is 1. The summed E-state index contributed by atoms with van der Waals surface area (Å²) in [6.45, 7) is 4.27. The Labute approximate surface area is 197 Å². The van der Waals surface area contributed by atoms with Crippen LogP contribution in [-0.2, 0) is 6.42 Å². The van der Waals surface area contributed by atoms with E-state index >= 15 is 0 Å². The Morgan fingerprint density at radius 1 is 1.00 bits per heavy atom. The molecule has 1 amide bonds. The predicted octanol–water partition coefficient (Wildman–Crippen LogP) is 4.91. The topological polar surface area (TPSA) is 80.0 Å². The molecule has 6 nitrogen and oxygen atoms in total. The van der Waals surface area contributed by atoms with Crippen molar-refractivity contribution in [2.45, 2.75) is 26.3 Å². The van der Waals surface area contributed by atoms with Gasteiger partial charge in [0.2, 0.25) is 5.76 Å². The summed E-state index contributed by atoms with van der Waals surface area (Å²) in [5.74, 6) is 0.584. The van der Waals surface area contributed by atoms with Crippen molar-refractivity contribution in [3.63, 3.8) is 0 Å². The van der Waals surface area contributed by atoms with Gasteiger partial charge in [-0.05, 0) is 78.9 Å². The van der Waals surface area contributed by atoms with Crippen LogP contribution in [0.2, 0.25) is 0 Å². The van der Waals surface area contributed by atoms with Crippen LogP contribution >= 0.6 is 0 Å². The average molecular weight is 456 g/mol. The molecule has 172 valence electrons. The largest absolute Gasteiger partial charge is 0.508 e. The van der Waals surface area contributed by atoms with Crippen LogP contribution in [0.1, 0.15) is 44.4 Å². The Morgan fingerprint density at radius 3 is 2.44 bits per heavy atom. The van der Waals surface area contributed by atoms with E-state index in [4.69, 9.17) is 9.15 Å². The normalized spacial score (nSPS) is 15.1. The monoisotopic (exact) mass is 455 g/mol. The first-order valence-electron chi connectivity index (χ1n) is 11.2. The van der Waals surface area contributed by atoms with Gasteiger partial charge in [0.15, 0.2) is 5.43 Å². The summed E-state index contributed by atoms with van der Waals surface area (Å²) in [4.78, 5) is 28.9. The maximum Gasteiger partial charge on any atom is 0.290 e. The summed E-state index contributed by atoms with van der Waals surface area (Å²) < 4.78 is 11.3. The molecule has 2 heterocycles. The van der Waals surface area contributed by atoms with Gasteiger partial charge in [0.05, 0.1) is 24.1 Å². The summed E-state index contributed by atoms with van der Waals surface area (Å²) in [5.41, 5.74) is 4.18. The first-order valence-corrected chi connectivity index (χ1v) is 11.2. The van der Waals surface area contributed by atoms with Crippen molar-refractivity contribution in [1.82, 2.24) is 4.90 Å². The van der Waals surface area contributed by atoms with E-state index in [9.17, 15) is 14.7 Å². The number of rotatable bonds is 5. The zero-order valence-corrected chi connectivity index (χ0v) is 19.3. The quantitative estimate of drug-likeness (QED) is 0.462. The van der Waals surface area contributed by atoms with E-state index in [2.05, 4.69) is 0 Å². The van der Waals surface area contributed by atoms with E-state index < -0.39 is 6.04 Å². The van der Waals surface area contributed by atoms with Crippen LogP contribution in [0.15, 0.2) is 69.9 Å². The minimum absolute atomic E-state index is 0.0730. The molecule has 0 aliphatic carbocycles. The van der Waals surface area contributed by atoms with Gasteiger partial charge < -0.3 is 19.2 Å². The molecule has 1 unspecified atom stereocenters. The summed E-state index contributed by atoms with van der Waals surface area (Å²) in [5, 5.41) is 10.6. The molecule has 5 rings (SSSR count). The molecule has 4 aromatic rings. The van der Waals surface area contributed by atoms with E-state index in [0.717, 1.165) is 22.4 Å². The Bertz CT molecular complexity index is 1470. The number of amides is 1. The van der Waals surface area contributed by atoms with Crippen molar-refractivity contribution in [1.29, 1.82) is 0 Å². The Balaban J connectivity index is 1.62. The van der Waals surface area contributed by atoms with Crippen LogP contribution in [-0.4, -0.2) is 29.6 Å². The van der Waals surface area contributed by atoms with Gasteiger partial charge in [0, 0.05) is 6.54 Å². The lowest BCUT2D eigenvalue weighted by molar-refractivity contribution is 0.0730. The second-order valence-corrected chi connectivity index (χ2v) is 8.70. The summed E-state index contributed by atoms with van der Waals surface area (Å²) >= 11 is 0. The molecule has 1 atom stereocenters. The second-order valence-electron chi connectivity index (χ2n) is 8.70. The number of ether oxygens (including phenoxy) is 1. The summed E-state index contributed by atoms with van der Waals surface area (Å²) in [6.07, 6.45) is 0.588. The highest BCUT2D eigenvalue weighted by atomic mass is 16.5. The van der Waals surface area contributed by atoms with Crippen LogP contribution in [0.4, 0.5) is 0 Å². The average Bonchev–Trinajstić information content (AvgIpc) is 3.11. The molecule has 0 bridgehead atoms. The van der Waals surface area contributed by atoms with Gasteiger partial charge in [-0.1, -0.05) is 24.3 Å². The summed E-state index contributed by atoms with van der Waals surface area (Å²) in [6, 6.07) is 17.4. The first kappa shape index (κ1) is 21.8. The molecule has 0 fully saturated rings. The summed E-state index contributed by atoms with van der Waals surface area (Å²) in [7, 11) is 1.62. The molecular formula is C28H25NO5. The minimum atomic E-state index is -0.643. The van der Waals surface area contributed by atoms with E-state index in [1.54, 1.807) is 30.2 Å². The minimum Gasteiger partial charge on any atom is -0.508 e. The smallest absolute Gasteiger partial charge is 0.290 e. The third-order valence-electron chi connectivity index (χ3n) is 6.57. The number of phenols is 1. The number of hydrogen-bond donors (Lipinski definition) is 1. The predicted molar refractivity (Wildman–Crippen MR) is 130 cm³/mol. The molecule has 1 aliphatic heterocycles. The van der Waals surface area contributed by atoms with Crippen LogP contribution in [0.25, 0.3) is 11.0 Å². The van der Waals surface area contributed by atoms with E-state index in [0.29, 0.717) is 35.1 Å².